The van der Waals surface area contributed by atoms with E-state index in [2.05, 4.69) is 39.9 Å². The van der Waals surface area contributed by atoms with Gasteiger partial charge in [-0.05, 0) is 60.9 Å². The van der Waals surface area contributed by atoms with Crippen LogP contribution in [0.1, 0.15) is 97.6 Å². The lowest BCUT2D eigenvalue weighted by atomic mass is 9.73. The Hall–Kier alpha value is -3.08. The van der Waals surface area contributed by atoms with Crippen LogP contribution in [-0.2, 0) is 9.59 Å². The predicted molar refractivity (Wildman–Crippen MR) is 155 cm³/mol. The van der Waals surface area contributed by atoms with Gasteiger partial charge in [-0.25, -0.2) is 0 Å². The number of amides is 1. The number of hydrogen-bond donors (Lipinski definition) is 1. The number of ether oxygens (including phenoxy) is 1. The van der Waals surface area contributed by atoms with E-state index in [9.17, 15) is 9.59 Å². The van der Waals surface area contributed by atoms with E-state index in [1.165, 1.54) is 0 Å². The number of fused-ring (bicyclic) bond motifs is 1. The quantitative estimate of drug-likeness (QED) is 0.323. The van der Waals surface area contributed by atoms with Gasteiger partial charge in [0, 0.05) is 23.6 Å². The summed E-state index contributed by atoms with van der Waals surface area (Å²) in [7, 11) is 0. The first-order valence-electron chi connectivity index (χ1n) is 14.5. The summed E-state index contributed by atoms with van der Waals surface area (Å²) in [6.45, 7) is 11.3. The van der Waals surface area contributed by atoms with Crippen LogP contribution in [0, 0.1) is 11.3 Å². The van der Waals surface area contributed by atoms with Crippen molar-refractivity contribution in [2.45, 2.75) is 92.0 Å². The fourth-order valence-electron chi connectivity index (χ4n) is 5.80. The monoisotopic (exact) mass is 516 g/mol. The van der Waals surface area contributed by atoms with Crippen molar-refractivity contribution in [3.05, 3.63) is 65.4 Å². The molecule has 2 aromatic carbocycles. The third-order valence-corrected chi connectivity index (χ3v) is 7.83. The zero-order valence-electron chi connectivity index (χ0n) is 23.8. The van der Waals surface area contributed by atoms with Crippen LogP contribution in [0.4, 0.5) is 11.4 Å². The van der Waals surface area contributed by atoms with Crippen molar-refractivity contribution >= 4 is 23.1 Å². The highest BCUT2D eigenvalue weighted by molar-refractivity contribution is 6.06. The number of carbonyl (C=O) groups excluding carboxylic acids is 2. The highest BCUT2D eigenvalue weighted by Gasteiger charge is 2.44. The Kier molecular flexibility index (Phi) is 8.96. The fraction of sp³-hybridized carbons (Fsp3) is 0.515. The number of carbonyl (C=O) groups is 2. The van der Waals surface area contributed by atoms with E-state index in [0.29, 0.717) is 18.6 Å². The van der Waals surface area contributed by atoms with Crippen LogP contribution in [-0.4, -0.2) is 18.3 Å². The summed E-state index contributed by atoms with van der Waals surface area (Å²) in [5, 5.41) is 3.62. The van der Waals surface area contributed by atoms with Gasteiger partial charge in [0.2, 0.25) is 5.91 Å². The summed E-state index contributed by atoms with van der Waals surface area (Å²) in [5.74, 6) is 0.867. The molecule has 2 aliphatic rings. The second-order valence-corrected chi connectivity index (χ2v) is 11.6. The van der Waals surface area contributed by atoms with Crippen molar-refractivity contribution < 1.29 is 14.3 Å². The molecule has 0 spiro atoms. The lowest BCUT2D eigenvalue weighted by Crippen LogP contribution is -2.42. The molecule has 0 radical (unpaired) electrons. The molecule has 0 saturated carbocycles. The number of anilines is 2. The lowest BCUT2D eigenvalue weighted by Gasteiger charge is -2.38. The molecule has 204 valence electrons. The third-order valence-electron chi connectivity index (χ3n) is 7.83. The number of nitrogens with one attached hydrogen (secondary N) is 1. The Labute approximate surface area is 228 Å². The van der Waals surface area contributed by atoms with Crippen LogP contribution >= 0.6 is 0 Å². The summed E-state index contributed by atoms with van der Waals surface area (Å²) in [5.41, 5.74) is 4.11. The van der Waals surface area contributed by atoms with Crippen molar-refractivity contribution in [2.75, 3.05) is 16.8 Å². The number of Topliss-reactive ketones (excluding diaryl/α,β-unsaturated/α-hetero) is 1. The van der Waals surface area contributed by atoms with Gasteiger partial charge in [0.05, 0.1) is 24.0 Å². The molecule has 5 nitrogen and oxygen atoms in total. The molecular weight excluding hydrogens is 472 g/mol. The van der Waals surface area contributed by atoms with Gasteiger partial charge in [0.1, 0.15) is 5.75 Å². The first-order chi connectivity index (χ1) is 18.3. The zero-order chi connectivity index (χ0) is 27.3. The topological polar surface area (TPSA) is 58.6 Å². The van der Waals surface area contributed by atoms with Crippen molar-refractivity contribution in [2.24, 2.45) is 11.3 Å². The van der Waals surface area contributed by atoms with Crippen LogP contribution in [0.15, 0.2) is 59.8 Å². The van der Waals surface area contributed by atoms with Crippen molar-refractivity contribution in [1.29, 1.82) is 0 Å². The molecule has 1 aliphatic carbocycles. The highest BCUT2D eigenvalue weighted by atomic mass is 16.5. The van der Waals surface area contributed by atoms with Gasteiger partial charge in [0.25, 0.3) is 0 Å². The molecule has 0 bridgehead atoms. The van der Waals surface area contributed by atoms with Gasteiger partial charge in [-0.15, -0.1) is 0 Å². The number of para-hydroxylation sites is 2. The summed E-state index contributed by atoms with van der Waals surface area (Å²) < 4.78 is 6.07. The molecule has 0 fully saturated rings. The number of ketones is 1. The first kappa shape index (κ1) is 27.9. The van der Waals surface area contributed by atoms with E-state index in [1.54, 1.807) is 0 Å². The van der Waals surface area contributed by atoms with Crippen LogP contribution < -0.4 is 15.0 Å². The van der Waals surface area contributed by atoms with E-state index in [4.69, 9.17) is 4.74 Å². The molecule has 1 amide bonds. The fourth-order valence-corrected chi connectivity index (χ4v) is 5.80. The first-order valence-corrected chi connectivity index (χ1v) is 14.5. The summed E-state index contributed by atoms with van der Waals surface area (Å²) in [6.07, 6.45) is 6.92. The van der Waals surface area contributed by atoms with Gasteiger partial charge < -0.3 is 10.1 Å². The maximum atomic E-state index is 14.5. The van der Waals surface area contributed by atoms with E-state index >= 15 is 0 Å². The van der Waals surface area contributed by atoms with Crippen LogP contribution in [0.25, 0.3) is 0 Å². The minimum atomic E-state index is -0.511. The summed E-state index contributed by atoms with van der Waals surface area (Å²) in [6, 6.07) is 15.5. The van der Waals surface area contributed by atoms with Crippen LogP contribution in [0.3, 0.4) is 0 Å². The molecule has 1 aliphatic heterocycles. The van der Waals surface area contributed by atoms with Gasteiger partial charge >= 0.3 is 0 Å². The molecule has 5 heteroatoms. The predicted octanol–water partition coefficient (Wildman–Crippen LogP) is 8.22. The lowest BCUT2D eigenvalue weighted by molar-refractivity contribution is -0.123. The van der Waals surface area contributed by atoms with Crippen LogP contribution in [0.2, 0.25) is 0 Å². The van der Waals surface area contributed by atoms with Gasteiger partial charge in [0.15, 0.2) is 5.78 Å². The second kappa shape index (κ2) is 12.2. The molecule has 2 unspecified atom stereocenters. The molecule has 1 heterocycles. The van der Waals surface area contributed by atoms with E-state index in [-0.39, 0.29) is 23.0 Å². The molecule has 2 aromatic rings. The number of benzene rings is 2. The van der Waals surface area contributed by atoms with Crippen molar-refractivity contribution in [3.63, 3.8) is 0 Å². The Balaban J connectivity index is 1.92. The van der Waals surface area contributed by atoms with Crippen molar-refractivity contribution in [3.8, 4) is 5.75 Å². The molecular formula is C33H44N2O3. The molecule has 0 saturated heterocycles. The Bertz CT molecular complexity index is 1180. The van der Waals surface area contributed by atoms with Crippen molar-refractivity contribution in [1.82, 2.24) is 0 Å². The minimum Gasteiger partial charge on any atom is -0.494 e. The number of allylic oxidation sites excluding steroid dienone is 1. The maximum absolute atomic E-state index is 14.5. The highest BCUT2D eigenvalue weighted by Crippen LogP contribution is 2.49. The SMILES string of the molecule is CCCCOc1cccc(C2C3=C(CC(C)(C)CC3=O)Nc3ccccc3N2C(=O)C(CC)CCCC)c1. The standard InChI is InChI=1S/C33H44N2O3/c1-6-9-14-23(8-3)32(37)35-28-18-12-11-17-26(28)34-27-21-33(4,5)22-29(36)30(27)31(35)24-15-13-16-25(20-24)38-19-10-7-2/h11-13,15-18,20,23,31,34H,6-10,14,19,21-22H2,1-5H3. The van der Waals surface area contributed by atoms with Gasteiger partial charge in [-0.1, -0.05) is 78.1 Å². The molecule has 4 rings (SSSR count). The summed E-state index contributed by atoms with van der Waals surface area (Å²) in [4.78, 5) is 30.3. The summed E-state index contributed by atoms with van der Waals surface area (Å²) >= 11 is 0. The van der Waals surface area contributed by atoms with E-state index < -0.39 is 6.04 Å². The third kappa shape index (κ3) is 5.98. The van der Waals surface area contributed by atoms with Crippen LogP contribution in [0.5, 0.6) is 5.75 Å². The zero-order valence-corrected chi connectivity index (χ0v) is 23.8. The second-order valence-electron chi connectivity index (χ2n) is 11.6. The number of rotatable bonds is 10. The molecule has 1 N–H and O–H groups in total. The number of unbranched alkanes of at least 4 members (excludes halogenated alkanes) is 2. The molecule has 0 aromatic heterocycles. The number of nitrogens with zero attached hydrogens (tertiary/aromatic N) is 1. The number of hydrogen-bond acceptors (Lipinski definition) is 4. The molecule has 2 atom stereocenters. The van der Waals surface area contributed by atoms with E-state index in [0.717, 1.165) is 73.3 Å². The normalized spacial score (nSPS) is 19.2. The largest absolute Gasteiger partial charge is 0.494 e. The Morgan fingerprint density at radius 2 is 1.82 bits per heavy atom. The average molecular weight is 517 g/mol. The van der Waals surface area contributed by atoms with Gasteiger partial charge in [-0.3, -0.25) is 14.5 Å². The Morgan fingerprint density at radius 1 is 1.05 bits per heavy atom. The minimum absolute atomic E-state index is 0.0869. The van der Waals surface area contributed by atoms with E-state index in [1.807, 2.05) is 53.4 Å². The smallest absolute Gasteiger partial charge is 0.231 e. The molecule has 38 heavy (non-hydrogen) atoms. The van der Waals surface area contributed by atoms with Gasteiger partial charge in [-0.2, -0.15) is 0 Å². The Morgan fingerprint density at radius 3 is 2.55 bits per heavy atom. The maximum Gasteiger partial charge on any atom is 0.231 e. The average Bonchev–Trinajstić information content (AvgIpc) is 3.03.